The number of nitrogens with zero attached hydrogens (tertiary/aromatic N) is 1. The molecule has 4 rings (SSSR count). The standard InChI is InChI=1S/C25H20N2O4S/c28-23(26-20-12-5-2-6-13-20)16-27-24(29)22(32-25(27)30)15-19-11-7-8-14-21(19)31-17-18-9-3-1-4-10-18/h1-15H,16-17H2,(H,26,28)/b22-15-. The number of amides is 3. The number of hydrogen-bond acceptors (Lipinski definition) is 5. The summed E-state index contributed by atoms with van der Waals surface area (Å²) in [7, 11) is 0. The summed E-state index contributed by atoms with van der Waals surface area (Å²) >= 11 is 0.811. The van der Waals surface area contributed by atoms with Gasteiger partial charge < -0.3 is 10.1 Å². The summed E-state index contributed by atoms with van der Waals surface area (Å²) in [5, 5.41) is 2.20. The SMILES string of the molecule is O=C(CN1C(=O)S/C(=C\c2ccccc2OCc2ccccc2)C1=O)Nc1ccccc1. The second-order valence-corrected chi connectivity index (χ2v) is 7.99. The van der Waals surface area contributed by atoms with Crippen LogP contribution in [0.25, 0.3) is 6.08 Å². The van der Waals surface area contributed by atoms with Gasteiger partial charge in [-0.25, -0.2) is 0 Å². The molecule has 0 unspecified atom stereocenters. The number of rotatable bonds is 7. The van der Waals surface area contributed by atoms with E-state index >= 15 is 0 Å². The van der Waals surface area contributed by atoms with E-state index in [1.165, 1.54) is 0 Å². The summed E-state index contributed by atoms with van der Waals surface area (Å²) in [6.45, 7) is 0.0376. The number of carbonyl (C=O) groups excluding carboxylic acids is 3. The number of para-hydroxylation sites is 2. The third-order valence-corrected chi connectivity index (χ3v) is 5.58. The highest BCUT2D eigenvalue weighted by atomic mass is 32.2. The molecule has 1 aliphatic rings. The zero-order valence-electron chi connectivity index (χ0n) is 17.1. The highest BCUT2D eigenvalue weighted by molar-refractivity contribution is 8.18. The zero-order valence-corrected chi connectivity index (χ0v) is 17.9. The zero-order chi connectivity index (χ0) is 22.3. The van der Waals surface area contributed by atoms with E-state index in [0.29, 0.717) is 23.6 Å². The summed E-state index contributed by atoms with van der Waals surface area (Å²) in [5.74, 6) is -0.336. The lowest BCUT2D eigenvalue weighted by atomic mass is 10.1. The molecular formula is C25H20N2O4S. The van der Waals surface area contributed by atoms with Crippen LogP contribution in [0.3, 0.4) is 0 Å². The van der Waals surface area contributed by atoms with Crippen LogP contribution < -0.4 is 10.1 Å². The summed E-state index contributed by atoms with van der Waals surface area (Å²) in [6.07, 6.45) is 1.63. The quantitative estimate of drug-likeness (QED) is 0.523. The van der Waals surface area contributed by atoms with Gasteiger partial charge in [0.05, 0.1) is 4.91 Å². The lowest BCUT2D eigenvalue weighted by molar-refractivity contribution is -0.127. The fraction of sp³-hybridized carbons (Fsp3) is 0.0800. The molecule has 3 amide bonds. The minimum Gasteiger partial charge on any atom is -0.488 e. The van der Waals surface area contributed by atoms with Gasteiger partial charge in [0.25, 0.3) is 11.1 Å². The molecule has 3 aromatic carbocycles. The summed E-state index contributed by atoms with van der Waals surface area (Å²) in [4.78, 5) is 38.7. The maximum Gasteiger partial charge on any atom is 0.294 e. The van der Waals surface area contributed by atoms with Crippen LogP contribution in [-0.2, 0) is 16.2 Å². The average Bonchev–Trinajstić information content (AvgIpc) is 3.07. The Morgan fingerprint density at radius 3 is 2.31 bits per heavy atom. The first-order valence-electron chi connectivity index (χ1n) is 9.96. The van der Waals surface area contributed by atoms with E-state index in [0.717, 1.165) is 22.2 Å². The molecule has 6 nitrogen and oxygen atoms in total. The van der Waals surface area contributed by atoms with Gasteiger partial charge in [-0.2, -0.15) is 0 Å². The number of imide groups is 1. The van der Waals surface area contributed by atoms with Crippen molar-refractivity contribution in [2.45, 2.75) is 6.61 Å². The molecular weight excluding hydrogens is 424 g/mol. The Kier molecular flexibility index (Phi) is 6.67. The normalized spacial score (nSPS) is 14.6. The van der Waals surface area contributed by atoms with Crippen LogP contribution in [0.5, 0.6) is 5.75 Å². The Labute approximate surface area is 189 Å². The van der Waals surface area contributed by atoms with E-state index in [1.807, 2.05) is 60.7 Å². The third kappa shape index (κ3) is 5.25. The molecule has 160 valence electrons. The summed E-state index contributed by atoms with van der Waals surface area (Å²) in [5.41, 5.74) is 2.30. The molecule has 1 fully saturated rings. The topological polar surface area (TPSA) is 75.7 Å². The average molecular weight is 445 g/mol. The van der Waals surface area contributed by atoms with E-state index in [4.69, 9.17) is 4.74 Å². The van der Waals surface area contributed by atoms with Gasteiger partial charge in [-0.1, -0.05) is 66.7 Å². The molecule has 0 aromatic heterocycles. The Morgan fingerprint density at radius 1 is 0.906 bits per heavy atom. The molecule has 7 heteroatoms. The van der Waals surface area contributed by atoms with Crippen molar-refractivity contribution in [2.75, 3.05) is 11.9 Å². The summed E-state index contributed by atoms with van der Waals surface area (Å²) in [6, 6.07) is 25.9. The molecule has 1 aliphatic heterocycles. The van der Waals surface area contributed by atoms with Crippen LogP contribution in [0.1, 0.15) is 11.1 Å². The van der Waals surface area contributed by atoms with Gasteiger partial charge in [0.1, 0.15) is 18.9 Å². The maximum atomic E-state index is 12.8. The molecule has 1 heterocycles. The molecule has 0 spiro atoms. The Balaban J connectivity index is 1.45. The molecule has 1 N–H and O–H groups in total. The lowest BCUT2D eigenvalue weighted by Crippen LogP contribution is -2.36. The van der Waals surface area contributed by atoms with Gasteiger partial charge >= 0.3 is 0 Å². The predicted octanol–water partition coefficient (Wildman–Crippen LogP) is 4.94. The number of nitrogens with one attached hydrogen (secondary N) is 1. The second-order valence-electron chi connectivity index (χ2n) is 6.99. The number of carbonyl (C=O) groups is 3. The highest BCUT2D eigenvalue weighted by Gasteiger charge is 2.36. The van der Waals surface area contributed by atoms with Crippen molar-refractivity contribution in [2.24, 2.45) is 0 Å². The Bertz CT molecular complexity index is 1160. The molecule has 0 atom stereocenters. The summed E-state index contributed by atoms with van der Waals surface area (Å²) < 4.78 is 5.93. The first-order valence-corrected chi connectivity index (χ1v) is 10.8. The second kappa shape index (κ2) is 9.98. The number of ether oxygens (including phenoxy) is 1. The number of hydrogen-bond donors (Lipinski definition) is 1. The van der Waals surface area contributed by atoms with Crippen molar-refractivity contribution < 1.29 is 19.1 Å². The first-order chi connectivity index (χ1) is 15.6. The van der Waals surface area contributed by atoms with E-state index in [1.54, 1.807) is 30.3 Å². The smallest absolute Gasteiger partial charge is 0.294 e. The number of benzene rings is 3. The monoisotopic (exact) mass is 444 g/mol. The first kappa shape index (κ1) is 21.4. The molecule has 0 saturated carbocycles. The van der Waals surface area contributed by atoms with Gasteiger partial charge in [0.15, 0.2) is 0 Å². The van der Waals surface area contributed by atoms with E-state index in [2.05, 4.69) is 5.32 Å². The van der Waals surface area contributed by atoms with Gasteiger partial charge in [-0.05, 0) is 41.6 Å². The van der Waals surface area contributed by atoms with Crippen molar-refractivity contribution in [1.82, 2.24) is 4.90 Å². The number of thioether (sulfide) groups is 1. The van der Waals surface area contributed by atoms with Gasteiger partial charge in [-0.3, -0.25) is 19.3 Å². The highest BCUT2D eigenvalue weighted by Crippen LogP contribution is 2.34. The van der Waals surface area contributed by atoms with Crippen LogP contribution in [0.2, 0.25) is 0 Å². The van der Waals surface area contributed by atoms with Gasteiger partial charge in [0, 0.05) is 11.3 Å². The number of anilines is 1. The minimum atomic E-state index is -0.499. The lowest BCUT2D eigenvalue weighted by Gasteiger charge is -2.12. The van der Waals surface area contributed by atoms with Crippen LogP contribution >= 0.6 is 11.8 Å². The van der Waals surface area contributed by atoms with Crippen molar-refractivity contribution in [3.8, 4) is 5.75 Å². The fourth-order valence-electron chi connectivity index (χ4n) is 3.11. The Hall–Kier alpha value is -3.84. The fourth-order valence-corrected chi connectivity index (χ4v) is 3.94. The van der Waals surface area contributed by atoms with E-state index in [-0.39, 0.29) is 11.4 Å². The van der Waals surface area contributed by atoms with Crippen LogP contribution in [0, 0.1) is 0 Å². The molecule has 0 radical (unpaired) electrons. The molecule has 1 saturated heterocycles. The third-order valence-electron chi connectivity index (χ3n) is 4.68. The van der Waals surface area contributed by atoms with Crippen molar-refractivity contribution >= 4 is 40.6 Å². The van der Waals surface area contributed by atoms with Crippen molar-refractivity contribution in [3.63, 3.8) is 0 Å². The van der Waals surface area contributed by atoms with Gasteiger partial charge in [-0.15, -0.1) is 0 Å². The van der Waals surface area contributed by atoms with Crippen LogP contribution in [0.15, 0.2) is 89.8 Å². The van der Waals surface area contributed by atoms with Crippen LogP contribution in [-0.4, -0.2) is 28.5 Å². The molecule has 0 bridgehead atoms. The van der Waals surface area contributed by atoms with Crippen molar-refractivity contribution in [1.29, 1.82) is 0 Å². The van der Waals surface area contributed by atoms with E-state index in [9.17, 15) is 14.4 Å². The maximum absolute atomic E-state index is 12.8. The molecule has 3 aromatic rings. The van der Waals surface area contributed by atoms with Crippen LogP contribution in [0.4, 0.5) is 10.5 Å². The van der Waals surface area contributed by atoms with E-state index < -0.39 is 17.1 Å². The molecule has 32 heavy (non-hydrogen) atoms. The molecule has 0 aliphatic carbocycles. The van der Waals surface area contributed by atoms with Gasteiger partial charge in [0.2, 0.25) is 5.91 Å². The predicted molar refractivity (Wildman–Crippen MR) is 125 cm³/mol. The van der Waals surface area contributed by atoms with Crippen molar-refractivity contribution in [3.05, 3.63) is 101 Å². The Morgan fingerprint density at radius 2 is 1.56 bits per heavy atom. The largest absolute Gasteiger partial charge is 0.488 e. The minimum absolute atomic E-state index is 0.248.